The Balaban J connectivity index is 1.41. The van der Waals surface area contributed by atoms with Gasteiger partial charge in [-0.05, 0) is 42.3 Å². The van der Waals surface area contributed by atoms with Crippen molar-refractivity contribution < 1.29 is 22.7 Å². The number of aryl methyl sites for hydroxylation is 1. The molecule has 2 aromatic carbocycles. The molecule has 170 valence electrons. The van der Waals surface area contributed by atoms with Gasteiger partial charge in [-0.25, -0.2) is 8.42 Å². The monoisotopic (exact) mass is 457 g/mol. The largest absolute Gasteiger partial charge is 0.379 e. The lowest BCUT2D eigenvalue weighted by molar-refractivity contribution is -0.122. The number of hydrogen-bond donors (Lipinski definition) is 1. The molecule has 0 spiro atoms. The Hall–Kier alpha value is -2.75. The Bertz CT molecular complexity index is 1090. The number of sulfonamides is 1. The van der Waals surface area contributed by atoms with Crippen LogP contribution in [0.5, 0.6) is 0 Å². The van der Waals surface area contributed by atoms with Crippen LogP contribution in [0.15, 0.2) is 53.4 Å². The minimum Gasteiger partial charge on any atom is -0.379 e. The van der Waals surface area contributed by atoms with Gasteiger partial charge in [0.25, 0.3) is 0 Å². The Labute approximate surface area is 188 Å². The van der Waals surface area contributed by atoms with Crippen LogP contribution < -0.4 is 10.2 Å². The van der Waals surface area contributed by atoms with Gasteiger partial charge >= 0.3 is 0 Å². The van der Waals surface area contributed by atoms with E-state index in [-0.39, 0.29) is 23.1 Å². The molecule has 1 atom stereocenters. The second kappa shape index (κ2) is 9.40. The predicted molar refractivity (Wildman–Crippen MR) is 121 cm³/mol. The van der Waals surface area contributed by atoms with Gasteiger partial charge in [-0.3, -0.25) is 9.59 Å². The number of benzene rings is 2. The van der Waals surface area contributed by atoms with Crippen LogP contribution in [0.2, 0.25) is 0 Å². The van der Waals surface area contributed by atoms with Crippen molar-refractivity contribution in [1.82, 2.24) is 4.31 Å². The molecule has 0 radical (unpaired) electrons. The topological polar surface area (TPSA) is 96.0 Å². The van der Waals surface area contributed by atoms with Crippen LogP contribution >= 0.6 is 0 Å². The number of nitrogens with zero attached hydrogens (tertiary/aromatic N) is 2. The summed E-state index contributed by atoms with van der Waals surface area (Å²) in [6, 6.07) is 13.9. The fraction of sp³-hybridized carbons (Fsp3) is 0.391. The van der Waals surface area contributed by atoms with Crippen molar-refractivity contribution in [3.05, 3.63) is 54.1 Å². The maximum Gasteiger partial charge on any atom is 0.243 e. The van der Waals surface area contributed by atoms with Crippen LogP contribution in [0, 0.1) is 5.92 Å². The van der Waals surface area contributed by atoms with E-state index < -0.39 is 15.9 Å². The average Bonchev–Trinajstić information content (AvgIpc) is 3.21. The summed E-state index contributed by atoms with van der Waals surface area (Å²) in [4.78, 5) is 27.2. The summed E-state index contributed by atoms with van der Waals surface area (Å²) in [6.45, 7) is 3.78. The molecule has 0 saturated carbocycles. The molecule has 32 heavy (non-hydrogen) atoms. The average molecular weight is 458 g/mol. The summed E-state index contributed by atoms with van der Waals surface area (Å²) in [5.74, 6) is -0.791. The highest BCUT2D eigenvalue weighted by Crippen LogP contribution is 2.29. The van der Waals surface area contributed by atoms with Crippen LogP contribution in [-0.2, 0) is 30.8 Å². The van der Waals surface area contributed by atoms with Gasteiger partial charge in [0.1, 0.15) is 0 Å². The van der Waals surface area contributed by atoms with E-state index >= 15 is 0 Å². The molecule has 2 amide bonds. The Kier molecular flexibility index (Phi) is 6.59. The van der Waals surface area contributed by atoms with Crippen LogP contribution in [0.1, 0.15) is 18.9 Å². The molecule has 0 bridgehead atoms. The van der Waals surface area contributed by atoms with Gasteiger partial charge in [-0.2, -0.15) is 4.31 Å². The minimum absolute atomic E-state index is 0.0713. The molecule has 2 aromatic rings. The zero-order valence-electron chi connectivity index (χ0n) is 18.0. The third-order valence-electron chi connectivity index (χ3n) is 5.89. The number of nitrogens with one attached hydrogen (secondary N) is 1. The predicted octanol–water partition coefficient (Wildman–Crippen LogP) is 2.26. The van der Waals surface area contributed by atoms with Gasteiger partial charge in [0, 0.05) is 37.4 Å². The molecule has 2 saturated heterocycles. The van der Waals surface area contributed by atoms with E-state index in [9.17, 15) is 18.0 Å². The van der Waals surface area contributed by atoms with Crippen molar-refractivity contribution in [2.75, 3.05) is 43.1 Å². The van der Waals surface area contributed by atoms with E-state index in [0.717, 1.165) is 17.7 Å². The summed E-state index contributed by atoms with van der Waals surface area (Å²) in [7, 11) is -3.59. The fourth-order valence-corrected chi connectivity index (χ4v) is 5.49. The molecule has 0 aliphatic carbocycles. The van der Waals surface area contributed by atoms with E-state index in [1.807, 2.05) is 31.2 Å². The Morgan fingerprint density at radius 2 is 1.78 bits per heavy atom. The van der Waals surface area contributed by atoms with E-state index in [4.69, 9.17) is 4.74 Å². The van der Waals surface area contributed by atoms with Crippen molar-refractivity contribution in [1.29, 1.82) is 0 Å². The van der Waals surface area contributed by atoms with Crippen molar-refractivity contribution in [3.8, 4) is 0 Å². The molecule has 2 fully saturated rings. The number of rotatable bonds is 6. The van der Waals surface area contributed by atoms with Crippen molar-refractivity contribution in [2.45, 2.75) is 24.7 Å². The molecule has 2 heterocycles. The zero-order chi connectivity index (χ0) is 22.7. The van der Waals surface area contributed by atoms with E-state index in [0.29, 0.717) is 38.5 Å². The number of carbonyl (C=O) groups excluding carboxylic acids is 2. The molecule has 1 unspecified atom stereocenters. The van der Waals surface area contributed by atoms with Crippen molar-refractivity contribution in [2.24, 2.45) is 5.92 Å². The maximum atomic E-state index is 12.8. The summed E-state index contributed by atoms with van der Waals surface area (Å²) in [5, 5.41) is 2.82. The first-order valence-electron chi connectivity index (χ1n) is 10.8. The Morgan fingerprint density at radius 3 is 2.47 bits per heavy atom. The molecule has 2 aliphatic heterocycles. The SMILES string of the molecule is CCc1ccccc1N1CC(C(=O)Nc2ccc(S(=O)(=O)N3CCOCC3)cc2)CC1=O. The van der Waals surface area contributed by atoms with Crippen molar-refractivity contribution in [3.63, 3.8) is 0 Å². The zero-order valence-corrected chi connectivity index (χ0v) is 18.8. The lowest BCUT2D eigenvalue weighted by Crippen LogP contribution is -2.40. The smallest absolute Gasteiger partial charge is 0.243 e. The van der Waals surface area contributed by atoms with Crippen LogP contribution in [0.25, 0.3) is 0 Å². The summed E-state index contributed by atoms with van der Waals surface area (Å²) >= 11 is 0. The molecule has 2 aliphatic rings. The van der Waals surface area contributed by atoms with Gasteiger partial charge in [0.15, 0.2) is 0 Å². The van der Waals surface area contributed by atoms with Crippen LogP contribution in [-0.4, -0.2) is 57.4 Å². The molecule has 1 N–H and O–H groups in total. The number of ether oxygens (including phenoxy) is 1. The fourth-order valence-electron chi connectivity index (χ4n) is 4.08. The first-order valence-corrected chi connectivity index (χ1v) is 12.2. The number of morpholine rings is 1. The lowest BCUT2D eigenvalue weighted by atomic mass is 10.1. The van der Waals surface area contributed by atoms with E-state index in [1.54, 1.807) is 17.0 Å². The van der Waals surface area contributed by atoms with Crippen LogP contribution in [0.3, 0.4) is 0 Å². The van der Waals surface area contributed by atoms with Crippen molar-refractivity contribution >= 4 is 33.2 Å². The number of carbonyl (C=O) groups is 2. The standard InChI is InChI=1S/C23H27N3O5S/c1-2-17-5-3-4-6-21(17)26-16-18(15-22(26)27)23(28)24-19-7-9-20(10-8-19)32(29,30)25-11-13-31-14-12-25/h3-10,18H,2,11-16H2,1H3,(H,24,28). The summed E-state index contributed by atoms with van der Waals surface area (Å²) < 4.78 is 32.1. The molecular formula is C23H27N3O5S. The summed E-state index contributed by atoms with van der Waals surface area (Å²) in [6.07, 6.45) is 0.948. The second-order valence-corrected chi connectivity index (χ2v) is 9.86. The van der Waals surface area contributed by atoms with E-state index in [1.165, 1.54) is 16.4 Å². The first-order chi connectivity index (χ1) is 15.4. The maximum absolute atomic E-state index is 12.8. The molecule has 4 rings (SSSR count). The Morgan fingerprint density at radius 1 is 1.09 bits per heavy atom. The van der Waals surface area contributed by atoms with E-state index in [2.05, 4.69) is 5.32 Å². The molecule has 0 aromatic heterocycles. The highest BCUT2D eigenvalue weighted by atomic mass is 32.2. The van der Waals surface area contributed by atoms with Gasteiger partial charge in [0.05, 0.1) is 24.0 Å². The van der Waals surface area contributed by atoms with Gasteiger partial charge < -0.3 is 15.0 Å². The van der Waals surface area contributed by atoms with Gasteiger partial charge in [-0.15, -0.1) is 0 Å². The minimum atomic E-state index is -3.59. The molecule has 8 nitrogen and oxygen atoms in total. The second-order valence-electron chi connectivity index (χ2n) is 7.92. The van der Waals surface area contributed by atoms with Crippen LogP contribution in [0.4, 0.5) is 11.4 Å². The normalized spacial score (nSPS) is 19.8. The molecule has 9 heteroatoms. The highest BCUT2D eigenvalue weighted by Gasteiger charge is 2.36. The third-order valence-corrected chi connectivity index (χ3v) is 7.80. The number of amides is 2. The highest BCUT2D eigenvalue weighted by molar-refractivity contribution is 7.89. The number of hydrogen-bond acceptors (Lipinski definition) is 5. The lowest BCUT2D eigenvalue weighted by Gasteiger charge is -2.26. The van der Waals surface area contributed by atoms with Gasteiger partial charge in [0.2, 0.25) is 21.8 Å². The molecular weight excluding hydrogens is 430 g/mol. The number of anilines is 2. The number of para-hydroxylation sites is 1. The first kappa shape index (κ1) is 22.4. The summed E-state index contributed by atoms with van der Waals surface area (Å²) in [5.41, 5.74) is 2.42. The quantitative estimate of drug-likeness (QED) is 0.718. The third kappa shape index (κ3) is 4.55. The van der Waals surface area contributed by atoms with Gasteiger partial charge in [-0.1, -0.05) is 25.1 Å².